The molecule has 0 unspecified atom stereocenters. The zero-order valence-electron chi connectivity index (χ0n) is 7.84. The van der Waals surface area contributed by atoms with E-state index in [9.17, 15) is 13.6 Å². The fourth-order valence-electron chi connectivity index (χ4n) is 1.28. The summed E-state index contributed by atoms with van der Waals surface area (Å²) in [6.07, 6.45) is 1.29. The summed E-state index contributed by atoms with van der Waals surface area (Å²) in [6, 6.07) is 4.84. The van der Waals surface area contributed by atoms with Gasteiger partial charge in [0.15, 0.2) is 16.3 Å². The van der Waals surface area contributed by atoms with Crippen LogP contribution >= 0.6 is 15.9 Å². The van der Waals surface area contributed by atoms with Crippen molar-refractivity contribution in [1.82, 2.24) is 0 Å². The highest BCUT2D eigenvalue weighted by atomic mass is 79.9. The molecule has 0 atom stereocenters. The highest BCUT2D eigenvalue weighted by Crippen LogP contribution is 2.23. The van der Waals surface area contributed by atoms with Gasteiger partial charge in [-0.1, -0.05) is 6.07 Å². The van der Waals surface area contributed by atoms with E-state index in [1.165, 1.54) is 24.5 Å². The molecule has 0 fully saturated rings. The van der Waals surface area contributed by atoms with E-state index < -0.39 is 17.4 Å². The summed E-state index contributed by atoms with van der Waals surface area (Å²) in [7, 11) is 0. The predicted molar refractivity (Wildman–Crippen MR) is 56.2 cm³/mol. The molecule has 0 bridgehead atoms. The third-order valence-corrected chi connectivity index (χ3v) is 2.67. The van der Waals surface area contributed by atoms with E-state index >= 15 is 0 Å². The molecule has 82 valence electrons. The van der Waals surface area contributed by atoms with Crippen LogP contribution in [0.5, 0.6) is 0 Å². The first kappa shape index (κ1) is 11.0. The Morgan fingerprint density at radius 2 is 1.94 bits per heavy atom. The summed E-state index contributed by atoms with van der Waals surface area (Å²) in [4.78, 5) is 11.8. The Morgan fingerprint density at radius 1 is 1.19 bits per heavy atom. The van der Waals surface area contributed by atoms with Gasteiger partial charge in [-0.2, -0.15) is 0 Å². The normalized spacial score (nSPS) is 10.4. The van der Waals surface area contributed by atoms with Crippen molar-refractivity contribution in [2.45, 2.75) is 0 Å². The lowest BCUT2D eigenvalue weighted by Crippen LogP contribution is -2.05. The number of furan rings is 1. The van der Waals surface area contributed by atoms with Crippen LogP contribution in [0.3, 0.4) is 0 Å². The van der Waals surface area contributed by atoms with Crippen molar-refractivity contribution in [2.75, 3.05) is 0 Å². The van der Waals surface area contributed by atoms with E-state index in [1.807, 2.05) is 0 Å². The Kier molecular flexibility index (Phi) is 2.87. The van der Waals surface area contributed by atoms with Crippen LogP contribution in [0, 0.1) is 11.6 Å². The molecule has 0 aliphatic heterocycles. The number of carbonyl (C=O) groups is 1. The molecule has 0 amide bonds. The SMILES string of the molecule is O=C(c1ccoc1Br)c1cccc(F)c1F. The highest BCUT2D eigenvalue weighted by molar-refractivity contribution is 9.10. The van der Waals surface area contributed by atoms with E-state index in [0.717, 1.165) is 6.07 Å². The maximum Gasteiger partial charge on any atom is 0.200 e. The monoisotopic (exact) mass is 286 g/mol. The number of rotatable bonds is 2. The van der Waals surface area contributed by atoms with Crippen molar-refractivity contribution in [3.63, 3.8) is 0 Å². The molecule has 0 aliphatic rings. The van der Waals surface area contributed by atoms with Crippen molar-refractivity contribution in [2.24, 2.45) is 0 Å². The first-order chi connectivity index (χ1) is 7.61. The molecule has 0 spiro atoms. The number of ketones is 1. The zero-order chi connectivity index (χ0) is 11.7. The first-order valence-corrected chi connectivity index (χ1v) is 5.12. The lowest BCUT2D eigenvalue weighted by molar-refractivity contribution is 0.103. The molecule has 5 heteroatoms. The number of hydrogen-bond acceptors (Lipinski definition) is 2. The maximum atomic E-state index is 13.3. The van der Waals surface area contributed by atoms with Gasteiger partial charge in [0.05, 0.1) is 17.4 Å². The molecule has 2 aromatic rings. The Morgan fingerprint density at radius 3 is 2.56 bits per heavy atom. The van der Waals surface area contributed by atoms with Crippen LogP contribution in [0.1, 0.15) is 15.9 Å². The lowest BCUT2D eigenvalue weighted by Gasteiger charge is -2.01. The minimum absolute atomic E-state index is 0.157. The van der Waals surface area contributed by atoms with Crippen molar-refractivity contribution >= 4 is 21.7 Å². The van der Waals surface area contributed by atoms with Gasteiger partial charge in [-0.05, 0) is 34.1 Å². The molecule has 1 heterocycles. The molecule has 0 radical (unpaired) electrons. The van der Waals surface area contributed by atoms with Crippen LogP contribution in [0.2, 0.25) is 0 Å². The van der Waals surface area contributed by atoms with Crippen LogP contribution in [0.4, 0.5) is 8.78 Å². The van der Waals surface area contributed by atoms with E-state index in [2.05, 4.69) is 15.9 Å². The summed E-state index contributed by atoms with van der Waals surface area (Å²) in [5, 5.41) is 0. The summed E-state index contributed by atoms with van der Waals surface area (Å²) in [6.45, 7) is 0. The van der Waals surface area contributed by atoms with Crippen molar-refractivity contribution < 1.29 is 18.0 Å². The van der Waals surface area contributed by atoms with Gasteiger partial charge < -0.3 is 4.42 Å². The second kappa shape index (κ2) is 4.17. The molecule has 1 aromatic heterocycles. The summed E-state index contributed by atoms with van der Waals surface area (Å²) in [5.41, 5.74) is -0.161. The summed E-state index contributed by atoms with van der Waals surface area (Å²) >= 11 is 3.00. The van der Waals surface area contributed by atoms with E-state index in [1.54, 1.807) is 0 Å². The maximum absolute atomic E-state index is 13.3. The van der Waals surface area contributed by atoms with E-state index in [0.29, 0.717) is 0 Å². The van der Waals surface area contributed by atoms with Gasteiger partial charge in [0, 0.05) is 0 Å². The molecule has 1 aromatic carbocycles. The number of hydrogen-bond donors (Lipinski definition) is 0. The van der Waals surface area contributed by atoms with Crippen LogP contribution < -0.4 is 0 Å². The largest absolute Gasteiger partial charge is 0.457 e. The minimum atomic E-state index is -1.15. The van der Waals surface area contributed by atoms with Gasteiger partial charge in [-0.3, -0.25) is 4.79 Å². The van der Waals surface area contributed by atoms with Crippen LogP contribution in [0.15, 0.2) is 39.6 Å². The Balaban J connectivity index is 2.50. The van der Waals surface area contributed by atoms with Crippen molar-refractivity contribution in [1.29, 1.82) is 0 Å². The van der Waals surface area contributed by atoms with Gasteiger partial charge in [0.2, 0.25) is 5.78 Å². The van der Waals surface area contributed by atoms with Gasteiger partial charge in [-0.25, -0.2) is 8.78 Å². The van der Waals surface area contributed by atoms with Crippen molar-refractivity contribution in [3.8, 4) is 0 Å². The molecule has 0 aliphatic carbocycles. The third kappa shape index (κ3) is 1.78. The predicted octanol–water partition coefficient (Wildman–Crippen LogP) is 3.55. The van der Waals surface area contributed by atoms with Gasteiger partial charge in [0.1, 0.15) is 0 Å². The molecular weight excluding hydrogens is 282 g/mol. The lowest BCUT2D eigenvalue weighted by atomic mass is 10.1. The Labute approximate surface area is 98.0 Å². The summed E-state index contributed by atoms with van der Waals surface area (Å²) in [5.74, 6) is -2.83. The van der Waals surface area contributed by atoms with Gasteiger partial charge >= 0.3 is 0 Å². The van der Waals surface area contributed by atoms with E-state index in [-0.39, 0.29) is 15.8 Å². The smallest absolute Gasteiger partial charge is 0.200 e. The second-order valence-electron chi connectivity index (χ2n) is 3.04. The Bertz CT molecular complexity index is 549. The van der Waals surface area contributed by atoms with E-state index in [4.69, 9.17) is 4.42 Å². The van der Waals surface area contributed by atoms with Crippen molar-refractivity contribution in [3.05, 3.63) is 58.0 Å². The second-order valence-corrected chi connectivity index (χ2v) is 3.76. The van der Waals surface area contributed by atoms with Crippen LogP contribution in [0.25, 0.3) is 0 Å². The molecular formula is C11H5BrF2O2. The zero-order valence-corrected chi connectivity index (χ0v) is 9.42. The number of halogens is 3. The molecule has 2 rings (SSSR count). The molecule has 16 heavy (non-hydrogen) atoms. The van der Waals surface area contributed by atoms with Crippen LogP contribution in [-0.2, 0) is 0 Å². The number of benzene rings is 1. The third-order valence-electron chi connectivity index (χ3n) is 2.06. The van der Waals surface area contributed by atoms with Gasteiger partial charge in [-0.15, -0.1) is 0 Å². The molecule has 2 nitrogen and oxygen atoms in total. The topological polar surface area (TPSA) is 30.2 Å². The molecule has 0 saturated heterocycles. The van der Waals surface area contributed by atoms with Crippen LogP contribution in [-0.4, -0.2) is 5.78 Å². The summed E-state index contributed by atoms with van der Waals surface area (Å²) < 4.78 is 31.3. The highest BCUT2D eigenvalue weighted by Gasteiger charge is 2.20. The van der Waals surface area contributed by atoms with Gasteiger partial charge in [0.25, 0.3) is 0 Å². The standard InChI is InChI=1S/C11H5BrF2O2/c12-11-7(4-5-16-11)10(15)6-2-1-3-8(13)9(6)14/h1-5H. The average Bonchev–Trinajstić information content (AvgIpc) is 2.68. The number of carbonyl (C=O) groups excluding carboxylic acids is 1. The Hall–Kier alpha value is -1.49. The minimum Gasteiger partial charge on any atom is -0.457 e. The quantitative estimate of drug-likeness (QED) is 0.791. The molecule has 0 N–H and O–H groups in total. The first-order valence-electron chi connectivity index (χ1n) is 4.33. The molecule has 0 saturated carbocycles. The average molecular weight is 287 g/mol. The fourth-order valence-corrected chi connectivity index (χ4v) is 1.70. The fraction of sp³-hybridized carbons (Fsp3) is 0.